The third-order valence-corrected chi connectivity index (χ3v) is 2.64. The van der Waals surface area contributed by atoms with Gasteiger partial charge in [-0.15, -0.1) is 0 Å². The van der Waals surface area contributed by atoms with Gasteiger partial charge in [0.2, 0.25) is 0 Å². The fourth-order valence-corrected chi connectivity index (χ4v) is 1.72. The molecule has 0 radical (unpaired) electrons. The Labute approximate surface area is 103 Å². The Morgan fingerprint density at radius 2 is 1.67 bits per heavy atom. The van der Waals surface area contributed by atoms with Crippen LogP contribution in [0.4, 0.5) is 5.69 Å². The predicted octanol–water partition coefficient (Wildman–Crippen LogP) is 2.38. The smallest absolute Gasteiger partial charge is 0.275 e. The number of aliphatic hydroxyl groups excluding tert-OH is 1. The minimum atomic E-state index is -1.09. The maximum Gasteiger partial charge on any atom is 0.275 e. The second kappa shape index (κ2) is 4.85. The molecule has 0 saturated heterocycles. The number of benzene rings is 2. The van der Waals surface area contributed by atoms with E-state index in [1.165, 1.54) is 36.4 Å². The van der Waals surface area contributed by atoms with Gasteiger partial charge in [0.25, 0.3) is 5.69 Å². The quantitative estimate of drug-likeness (QED) is 0.642. The molecule has 18 heavy (non-hydrogen) atoms. The van der Waals surface area contributed by atoms with Crippen molar-refractivity contribution in [3.05, 3.63) is 69.8 Å². The summed E-state index contributed by atoms with van der Waals surface area (Å²) in [6.45, 7) is 0. The summed E-state index contributed by atoms with van der Waals surface area (Å²) in [5.41, 5.74) is 0.591. The van der Waals surface area contributed by atoms with E-state index in [1.54, 1.807) is 12.1 Å². The number of rotatable bonds is 3. The number of phenols is 1. The molecule has 0 fully saturated rings. The monoisotopic (exact) mass is 245 g/mol. The highest BCUT2D eigenvalue weighted by molar-refractivity contribution is 5.45. The molecule has 2 aromatic carbocycles. The summed E-state index contributed by atoms with van der Waals surface area (Å²) in [5, 5.41) is 30.2. The van der Waals surface area contributed by atoms with Crippen molar-refractivity contribution in [3.8, 4) is 5.75 Å². The lowest BCUT2D eigenvalue weighted by molar-refractivity contribution is -0.386. The van der Waals surface area contributed by atoms with E-state index in [9.17, 15) is 15.2 Å². The molecular formula is C13H11NO4. The van der Waals surface area contributed by atoms with Crippen LogP contribution >= 0.6 is 0 Å². The maximum atomic E-state index is 10.9. The fraction of sp³-hybridized carbons (Fsp3) is 0.0769. The molecule has 2 rings (SSSR count). The molecule has 0 saturated carbocycles. The largest absolute Gasteiger partial charge is 0.508 e. The van der Waals surface area contributed by atoms with Crippen molar-refractivity contribution >= 4 is 5.69 Å². The number of hydrogen-bond acceptors (Lipinski definition) is 4. The zero-order valence-electron chi connectivity index (χ0n) is 9.35. The lowest BCUT2D eigenvalue weighted by Gasteiger charge is -2.11. The third-order valence-electron chi connectivity index (χ3n) is 2.64. The van der Waals surface area contributed by atoms with Gasteiger partial charge in [-0.1, -0.05) is 24.3 Å². The van der Waals surface area contributed by atoms with Crippen LogP contribution in [-0.4, -0.2) is 15.1 Å². The van der Waals surface area contributed by atoms with E-state index >= 15 is 0 Å². The van der Waals surface area contributed by atoms with Crippen LogP contribution in [0.5, 0.6) is 5.75 Å². The first-order valence-electron chi connectivity index (χ1n) is 5.30. The molecule has 2 aromatic rings. The second-order valence-corrected chi connectivity index (χ2v) is 3.81. The second-order valence-electron chi connectivity index (χ2n) is 3.81. The molecule has 5 heteroatoms. The van der Waals surface area contributed by atoms with Gasteiger partial charge in [-0.3, -0.25) is 10.1 Å². The standard InChI is InChI=1S/C13H11NO4/c15-10-7-5-9(6-8-10)13(16)11-3-1-2-4-12(11)14(17)18/h1-8,13,15-16H. The van der Waals surface area contributed by atoms with Gasteiger partial charge < -0.3 is 10.2 Å². The van der Waals surface area contributed by atoms with Crippen molar-refractivity contribution in [2.45, 2.75) is 6.10 Å². The molecule has 0 aliphatic rings. The average Bonchev–Trinajstić information content (AvgIpc) is 2.39. The van der Waals surface area contributed by atoms with E-state index in [4.69, 9.17) is 5.11 Å². The first-order chi connectivity index (χ1) is 8.59. The van der Waals surface area contributed by atoms with Crippen LogP contribution in [0, 0.1) is 10.1 Å². The highest BCUT2D eigenvalue weighted by atomic mass is 16.6. The first kappa shape index (κ1) is 12.1. The van der Waals surface area contributed by atoms with Gasteiger partial charge >= 0.3 is 0 Å². The van der Waals surface area contributed by atoms with Crippen LogP contribution in [0.3, 0.4) is 0 Å². The summed E-state index contributed by atoms with van der Waals surface area (Å²) >= 11 is 0. The molecule has 2 N–H and O–H groups in total. The van der Waals surface area contributed by atoms with Crippen LogP contribution in [0.15, 0.2) is 48.5 Å². The number of phenolic OH excluding ortho intramolecular Hbond substituents is 1. The Morgan fingerprint density at radius 3 is 2.28 bits per heavy atom. The molecule has 0 amide bonds. The van der Waals surface area contributed by atoms with E-state index in [-0.39, 0.29) is 17.0 Å². The lowest BCUT2D eigenvalue weighted by Crippen LogP contribution is -2.03. The minimum Gasteiger partial charge on any atom is -0.508 e. The number of para-hydroxylation sites is 1. The summed E-state index contributed by atoms with van der Waals surface area (Å²) in [6.07, 6.45) is -1.09. The van der Waals surface area contributed by atoms with Gasteiger partial charge in [0.15, 0.2) is 0 Å². The predicted molar refractivity (Wildman–Crippen MR) is 65.3 cm³/mol. The van der Waals surface area contributed by atoms with Crippen LogP contribution in [0.1, 0.15) is 17.2 Å². The van der Waals surface area contributed by atoms with Gasteiger partial charge in [0, 0.05) is 6.07 Å². The van der Waals surface area contributed by atoms with E-state index in [1.807, 2.05) is 0 Å². The van der Waals surface area contributed by atoms with Crippen molar-refractivity contribution in [2.75, 3.05) is 0 Å². The minimum absolute atomic E-state index is 0.0773. The van der Waals surface area contributed by atoms with E-state index in [2.05, 4.69) is 0 Å². The first-order valence-corrected chi connectivity index (χ1v) is 5.30. The van der Waals surface area contributed by atoms with Gasteiger partial charge in [0.1, 0.15) is 11.9 Å². The molecule has 0 heterocycles. The summed E-state index contributed by atoms with van der Waals surface area (Å²) in [5.74, 6) is 0.0773. The molecule has 0 bridgehead atoms. The van der Waals surface area contributed by atoms with E-state index < -0.39 is 11.0 Å². The lowest BCUT2D eigenvalue weighted by atomic mass is 10.00. The van der Waals surface area contributed by atoms with Crippen molar-refractivity contribution < 1.29 is 15.1 Å². The SMILES string of the molecule is O=[N+]([O-])c1ccccc1C(O)c1ccc(O)cc1. The van der Waals surface area contributed by atoms with Crippen LogP contribution in [0.25, 0.3) is 0 Å². The molecule has 0 aromatic heterocycles. The normalized spacial score (nSPS) is 12.1. The fourth-order valence-electron chi connectivity index (χ4n) is 1.72. The van der Waals surface area contributed by atoms with Gasteiger partial charge in [0.05, 0.1) is 10.5 Å². The van der Waals surface area contributed by atoms with Crippen molar-refractivity contribution in [2.24, 2.45) is 0 Å². The average molecular weight is 245 g/mol. The highest BCUT2D eigenvalue weighted by Gasteiger charge is 2.20. The molecule has 1 atom stereocenters. The number of nitro benzene ring substituents is 1. The maximum absolute atomic E-state index is 10.9. The van der Waals surface area contributed by atoms with E-state index in [0.717, 1.165) is 0 Å². The molecule has 0 aliphatic heterocycles. The Hall–Kier alpha value is -2.40. The highest BCUT2D eigenvalue weighted by Crippen LogP contribution is 2.30. The summed E-state index contributed by atoms with van der Waals surface area (Å²) in [6, 6.07) is 11.9. The van der Waals surface area contributed by atoms with Crippen molar-refractivity contribution in [3.63, 3.8) is 0 Å². The van der Waals surface area contributed by atoms with Crippen LogP contribution in [0.2, 0.25) is 0 Å². The molecular weight excluding hydrogens is 234 g/mol. The molecule has 1 unspecified atom stereocenters. The van der Waals surface area contributed by atoms with E-state index in [0.29, 0.717) is 5.56 Å². The summed E-state index contributed by atoms with van der Waals surface area (Å²) < 4.78 is 0. The molecule has 92 valence electrons. The van der Waals surface area contributed by atoms with Gasteiger partial charge in [-0.25, -0.2) is 0 Å². The van der Waals surface area contributed by atoms with Crippen molar-refractivity contribution in [1.29, 1.82) is 0 Å². The number of nitro groups is 1. The van der Waals surface area contributed by atoms with Crippen LogP contribution < -0.4 is 0 Å². The summed E-state index contributed by atoms with van der Waals surface area (Å²) in [7, 11) is 0. The Kier molecular flexibility index (Phi) is 3.25. The number of hydrogen-bond donors (Lipinski definition) is 2. The topological polar surface area (TPSA) is 83.6 Å². The van der Waals surface area contributed by atoms with Crippen LogP contribution in [-0.2, 0) is 0 Å². The van der Waals surface area contributed by atoms with Gasteiger partial charge in [-0.2, -0.15) is 0 Å². The Balaban J connectivity index is 2.42. The molecule has 0 aliphatic carbocycles. The number of nitrogens with zero attached hydrogens (tertiary/aromatic N) is 1. The number of aliphatic hydroxyl groups is 1. The Morgan fingerprint density at radius 1 is 1.06 bits per heavy atom. The molecule has 0 spiro atoms. The summed E-state index contributed by atoms with van der Waals surface area (Å²) in [4.78, 5) is 10.3. The zero-order valence-corrected chi connectivity index (χ0v) is 9.35. The number of aromatic hydroxyl groups is 1. The molecule has 5 nitrogen and oxygen atoms in total. The van der Waals surface area contributed by atoms with Gasteiger partial charge in [-0.05, 0) is 23.8 Å². The zero-order chi connectivity index (χ0) is 13.1. The Bertz CT molecular complexity index is 565. The van der Waals surface area contributed by atoms with Crippen molar-refractivity contribution in [1.82, 2.24) is 0 Å². The third kappa shape index (κ3) is 2.31.